The number of nitrogens with zero attached hydrogens (tertiary/aromatic N) is 3. The van der Waals surface area contributed by atoms with Gasteiger partial charge in [0.2, 0.25) is 5.91 Å². The summed E-state index contributed by atoms with van der Waals surface area (Å²) in [5, 5.41) is 3.83. The predicted octanol–water partition coefficient (Wildman–Crippen LogP) is 3.04. The Kier molecular flexibility index (Phi) is 4.91. The van der Waals surface area contributed by atoms with Gasteiger partial charge >= 0.3 is 0 Å². The molecule has 4 heterocycles. The van der Waals surface area contributed by atoms with Crippen LogP contribution in [0.2, 0.25) is 0 Å². The van der Waals surface area contributed by atoms with Crippen molar-refractivity contribution < 1.29 is 14.1 Å². The molecule has 1 aromatic heterocycles. The highest BCUT2D eigenvalue weighted by molar-refractivity contribution is 5.77. The molecule has 3 aliphatic heterocycles. The van der Waals surface area contributed by atoms with E-state index >= 15 is 0 Å². The molecule has 1 aromatic rings. The van der Waals surface area contributed by atoms with Crippen LogP contribution in [0.5, 0.6) is 5.88 Å². The first-order valence-electron chi connectivity index (χ1n) is 11.0. The zero-order valence-corrected chi connectivity index (χ0v) is 16.8. The van der Waals surface area contributed by atoms with Gasteiger partial charge in [0.25, 0.3) is 5.88 Å². The van der Waals surface area contributed by atoms with Crippen LogP contribution in [-0.4, -0.2) is 59.7 Å². The summed E-state index contributed by atoms with van der Waals surface area (Å²) < 4.78 is 10.3. The number of fused-ring (bicyclic) bond motifs is 6. The van der Waals surface area contributed by atoms with Crippen molar-refractivity contribution in [3.05, 3.63) is 23.5 Å². The van der Waals surface area contributed by atoms with Gasteiger partial charge in [-0.15, -0.1) is 0 Å². The Morgan fingerprint density at radius 1 is 1.32 bits per heavy atom. The number of methoxy groups -OCH3 is 1. The maximum absolute atomic E-state index is 13.1. The topological polar surface area (TPSA) is 58.8 Å². The summed E-state index contributed by atoms with van der Waals surface area (Å²) in [5.74, 6) is 2.76. The molecule has 6 heteroatoms. The fraction of sp³-hybridized carbons (Fsp3) is 0.727. The Hall–Kier alpha value is -1.82. The summed E-state index contributed by atoms with van der Waals surface area (Å²) in [6, 6.07) is 2.85. The van der Waals surface area contributed by atoms with E-state index in [-0.39, 0.29) is 5.91 Å². The van der Waals surface area contributed by atoms with E-state index in [1.807, 2.05) is 0 Å². The van der Waals surface area contributed by atoms with Crippen LogP contribution in [0.4, 0.5) is 0 Å². The van der Waals surface area contributed by atoms with Gasteiger partial charge in [-0.25, -0.2) is 0 Å². The van der Waals surface area contributed by atoms with Crippen LogP contribution in [0.25, 0.3) is 0 Å². The molecule has 0 unspecified atom stereocenters. The molecule has 0 radical (unpaired) electrons. The maximum Gasteiger partial charge on any atom is 0.254 e. The quantitative estimate of drug-likeness (QED) is 0.746. The second-order valence-electron chi connectivity index (χ2n) is 8.93. The number of aryl methyl sites for hydroxylation is 1. The average molecular weight is 386 g/mol. The first kappa shape index (κ1) is 18.2. The molecule has 28 heavy (non-hydrogen) atoms. The van der Waals surface area contributed by atoms with Gasteiger partial charge in [-0.3, -0.25) is 9.69 Å². The third-order valence-corrected chi connectivity index (χ3v) is 7.31. The largest absolute Gasteiger partial charge is 0.479 e. The number of hydrogen-bond donors (Lipinski definition) is 0. The molecule has 5 rings (SSSR count). The van der Waals surface area contributed by atoms with Crippen molar-refractivity contribution in [3.8, 4) is 5.88 Å². The van der Waals surface area contributed by atoms with E-state index in [2.05, 4.69) is 21.0 Å². The van der Waals surface area contributed by atoms with Crippen LogP contribution in [0.1, 0.15) is 50.7 Å². The number of carbonyl (C=O) groups is 1. The summed E-state index contributed by atoms with van der Waals surface area (Å²) in [4.78, 5) is 18.1. The Morgan fingerprint density at radius 3 is 3.11 bits per heavy atom. The van der Waals surface area contributed by atoms with Crippen LogP contribution >= 0.6 is 0 Å². The molecular weight excluding hydrogens is 354 g/mol. The minimum atomic E-state index is 0.255. The molecule has 3 fully saturated rings. The molecule has 0 spiro atoms. The average Bonchev–Trinajstić information content (AvgIpc) is 3.20. The monoisotopic (exact) mass is 385 g/mol. The predicted molar refractivity (Wildman–Crippen MR) is 105 cm³/mol. The Labute approximate surface area is 166 Å². The summed E-state index contributed by atoms with van der Waals surface area (Å²) in [5.41, 5.74) is 1.55. The minimum absolute atomic E-state index is 0.255. The normalized spacial score (nSPS) is 32.3. The van der Waals surface area contributed by atoms with Gasteiger partial charge in [-0.2, -0.15) is 0 Å². The zero-order valence-electron chi connectivity index (χ0n) is 16.8. The summed E-state index contributed by atoms with van der Waals surface area (Å²) in [6.45, 7) is 3.31. The smallest absolute Gasteiger partial charge is 0.254 e. The third kappa shape index (κ3) is 3.25. The van der Waals surface area contributed by atoms with Crippen LogP contribution in [0.3, 0.4) is 0 Å². The number of hydrogen-bond acceptors (Lipinski definition) is 5. The Morgan fingerprint density at radius 2 is 2.25 bits per heavy atom. The highest BCUT2D eigenvalue weighted by Crippen LogP contribution is 2.45. The van der Waals surface area contributed by atoms with E-state index in [0.717, 1.165) is 24.8 Å². The van der Waals surface area contributed by atoms with Crippen LogP contribution in [-0.2, 0) is 11.2 Å². The third-order valence-electron chi connectivity index (χ3n) is 7.31. The number of carbonyl (C=O) groups excluding carboxylic acids is 1. The highest BCUT2D eigenvalue weighted by Gasteiger charge is 2.46. The second kappa shape index (κ2) is 7.54. The van der Waals surface area contributed by atoms with Gasteiger partial charge in [-0.05, 0) is 55.6 Å². The fourth-order valence-electron chi connectivity index (χ4n) is 6.13. The molecule has 6 nitrogen and oxygen atoms in total. The van der Waals surface area contributed by atoms with Crippen LogP contribution in [0.15, 0.2) is 22.2 Å². The lowest BCUT2D eigenvalue weighted by Gasteiger charge is -2.54. The molecule has 4 aliphatic rings. The summed E-state index contributed by atoms with van der Waals surface area (Å²) >= 11 is 0. The molecule has 0 saturated carbocycles. The van der Waals surface area contributed by atoms with E-state index in [1.54, 1.807) is 18.7 Å². The van der Waals surface area contributed by atoms with Gasteiger partial charge < -0.3 is 14.2 Å². The molecular formula is C22H31N3O3. The van der Waals surface area contributed by atoms with Crippen molar-refractivity contribution in [2.24, 2.45) is 11.8 Å². The van der Waals surface area contributed by atoms with Crippen molar-refractivity contribution in [2.75, 3.05) is 26.7 Å². The minimum Gasteiger partial charge on any atom is -0.479 e. The fourth-order valence-corrected chi connectivity index (χ4v) is 6.13. The lowest BCUT2D eigenvalue weighted by atomic mass is 9.68. The summed E-state index contributed by atoms with van der Waals surface area (Å²) in [7, 11) is 1.57. The van der Waals surface area contributed by atoms with Crippen molar-refractivity contribution in [3.63, 3.8) is 0 Å². The maximum atomic E-state index is 13.1. The van der Waals surface area contributed by atoms with Gasteiger partial charge in [0, 0.05) is 38.0 Å². The van der Waals surface area contributed by atoms with Gasteiger partial charge in [0.05, 0.1) is 13.2 Å². The summed E-state index contributed by atoms with van der Waals surface area (Å²) in [6.07, 6.45) is 11.2. The van der Waals surface area contributed by atoms with Crippen molar-refractivity contribution >= 4 is 5.91 Å². The van der Waals surface area contributed by atoms with Crippen molar-refractivity contribution in [2.45, 2.75) is 63.5 Å². The molecule has 152 valence electrons. The van der Waals surface area contributed by atoms with E-state index < -0.39 is 0 Å². The molecule has 1 amide bonds. The number of ether oxygens (including phenoxy) is 1. The molecule has 1 aliphatic carbocycles. The lowest BCUT2D eigenvalue weighted by Crippen LogP contribution is -2.60. The zero-order chi connectivity index (χ0) is 19.1. The Bertz CT molecular complexity index is 758. The second-order valence-corrected chi connectivity index (χ2v) is 8.93. The van der Waals surface area contributed by atoms with Crippen LogP contribution in [0, 0.1) is 11.8 Å². The Balaban J connectivity index is 1.30. The van der Waals surface area contributed by atoms with Crippen molar-refractivity contribution in [1.82, 2.24) is 15.0 Å². The van der Waals surface area contributed by atoms with Gasteiger partial charge in [-0.1, -0.05) is 18.1 Å². The molecule has 2 bridgehead atoms. The number of likely N-dealkylation sites (tertiary alicyclic amines) is 1. The highest BCUT2D eigenvalue weighted by atomic mass is 16.5. The molecule has 3 saturated heterocycles. The first-order chi connectivity index (χ1) is 13.7. The molecule has 0 aromatic carbocycles. The van der Waals surface area contributed by atoms with E-state index in [9.17, 15) is 4.79 Å². The van der Waals surface area contributed by atoms with Gasteiger partial charge in [0.15, 0.2) is 0 Å². The van der Waals surface area contributed by atoms with Crippen molar-refractivity contribution in [1.29, 1.82) is 0 Å². The van der Waals surface area contributed by atoms with E-state index in [1.165, 1.54) is 45.2 Å². The number of amides is 1. The molecule has 0 N–H and O–H groups in total. The first-order valence-corrected chi connectivity index (χ1v) is 11.0. The van der Waals surface area contributed by atoms with Gasteiger partial charge in [0.1, 0.15) is 5.76 Å². The number of piperidine rings is 3. The number of rotatable bonds is 4. The standard InChI is InChI=1S/C22H31N3O3/c1-27-20-13-18(28-23-20)7-8-21(26)25-10-4-5-15-11-16-12-17(22(15)25)14-24-9-3-2-6-19(16)24/h11,13,16-17,19,22H,2-10,12,14H2,1H3/t16-,17-,19+,22+/m0/s1. The van der Waals surface area contributed by atoms with E-state index in [4.69, 9.17) is 9.26 Å². The van der Waals surface area contributed by atoms with Crippen LogP contribution < -0.4 is 4.74 Å². The number of aromatic nitrogens is 1. The SMILES string of the molecule is COc1cc(CCC(=O)N2CCCC3=C[C@H]4C[C@@H](CN5CCCC[C@H]45)[C@@H]32)on1. The van der Waals surface area contributed by atoms with E-state index in [0.29, 0.717) is 36.6 Å². The molecule has 4 atom stereocenters. The lowest BCUT2D eigenvalue weighted by molar-refractivity contribution is -0.136.